The average Bonchev–Trinajstić information content (AvgIpc) is 3.10. The molecule has 26 heavy (non-hydrogen) atoms. The van der Waals surface area contributed by atoms with E-state index in [9.17, 15) is 8.42 Å². The first-order valence-corrected chi connectivity index (χ1v) is 10.6. The molecule has 0 fully saturated rings. The minimum absolute atomic E-state index is 0.219. The summed E-state index contributed by atoms with van der Waals surface area (Å²) in [6.07, 6.45) is 2.30. The van der Waals surface area contributed by atoms with Crippen molar-refractivity contribution in [2.24, 2.45) is 0 Å². The number of halogens is 1. The fourth-order valence-corrected chi connectivity index (χ4v) is 5.16. The molecule has 0 aliphatic heterocycles. The van der Waals surface area contributed by atoms with Gasteiger partial charge in [-0.3, -0.25) is 0 Å². The van der Waals surface area contributed by atoms with Gasteiger partial charge < -0.3 is 4.98 Å². The average molecular weight is 434 g/mol. The lowest BCUT2D eigenvalue weighted by Crippen LogP contribution is -2.29. The van der Waals surface area contributed by atoms with Crippen LogP contribution in [0, 0.1) is 6.92 Å². The molecule has 1 atom stereocenters. The molecule has 2 N–H and O–H groups in total. The minimum atomic E-state index is -3.68. The maximum atomic E-state index is 12.8. The molecule has 1 unspecified atom stereocenters. The summed E-state index contributed by atoms with van der Waals surface area (Å²) >= 11 is 3.34. The van der Waals surface area contributed by atoms with Gasteiger partial charge in [-0.1, -0.05) is 43.3 Å². The van der Waals surface area contributed by atoms with E-state index in [1.165, 1.54) is 0 Å². The monoisotopic (exact) mass is 433 g/mol. The second kappa shape index (κ2) is 7.73. The third kappa shape index (κ3) is 4.06. The van der Waals surface area contributed by atoms with Gasteiger partial charge in [0.1, 0.15) is 5.82 Å². The second-order valence-corrected chi connectivity index (χ2v) is 8.60. The van der Waals surface area contributed by atoms with Crippen LogP contribution >= 0.6 is 15.9 Å². The van der Waals surface area contributed by atoms with Crippen LogP contribution in [0.15, 0.2) is 64.1 Å². The van der Waals surface area contributed by atoms with E-state index in [0.717, 1.165) is 16.8 Å². The van der Waals surface area contributed by atoms with Crippen LogP contribution in [0.25, 0.3) is 11.3 Å². The lowest BCUT2D eigenvalue weighted by molar-refractivity contribution is 0.539. The Morgan fingerprint density at radius 1 is 1.19 bits per heavy atom. The topological polar surface area (TPSA) is 74.8 Å². The molecule has 136 valence electrons. The molecule has 0 aliphatic rings. The van der Waals surface area contributed by atoms with Crippen molar-refractivity contribution >= 4 is 26.0 Å². The van der Waals surface area contributed by atoms with Crippen LogP contribution in [0.2, 0.25) is 0 Å². The molecule has 0 radical (unpaired) electrons. The molecular formula is C19H20BrN3O2S. The highest BCUT2D eigenvalue weighted by Crippen LogP contribution is 2.26. The maximum Gasteiger partial charge on any atom is 0.242 e. The molecule has 3 rings (SSSR count). The summed E-state index contributed by atoms with van der Waals surface area (Å²) in [6, 6.07) is 14.5. The summed E-state index contributed by atoms with van der Waals surface area (Å²) in [6.45, 7) is 3.83. The van der Waals surface area contributed by atoms with Gasteiger partial charge in [-0.05, 0) is 52.5 Å². The zero-order chi connectivity index (χ0) is 18.7. The number of nitrogens with one attached hydrogen (secondary N) is 2. The minimum Gasteiger partial charge on any atom is -0.341 e. The van der Waals surface area contributed by atoms with Gasteiger partial charge in [-0.2, -0.15) is 0 Å². The summed E-state index contributed by atoms with van der Waals surface area (Å²) in [7, 11) is -3.68. The van der Waals surface area contributed by atoms with E-state index in [1.807, 2.05) is 44.2 Å². The summed E-state index contributed by atoms with van der Waals surface area (Å²) < 4.78 is 28.9. The van der Waals surface area contributed by atoms with E-state index >= 15 is 0 Å². The Labute approximate surface area is 162 Å². The molecule has 5 nitrogen and oxygen atoms in total. The SMILES string of the molecule is CCC(NS(=O)(=O)c1ccc(C)cc1Br)c1ncc(-c2ccccc2)[nH]1. The molecular weight excluding hydrogens is 414 g/mol. The number of hydrogen-bond donors (Lipinski definition) is 2. The quantitative estimate of drug-likeness (QED) is 0.597. The molecule has 0 bridgehead atoms. The maximum absolute atomic E-state index is 12.8. The Bertz CT molecular complexity index is 1000. The van der Waals surface area contributed by atoms with Crippen LogP contribution < -0.4 is 4.72 Å². The Morgan fingerprint density at radius 2 is 1.92 bits per heavy atom. The lowest BCUT2D eigenvalue weighted by Gasteiger charge is -2.16. The van der Waals surface area contributed by atoms with Crippen molar-refractivity contribution in [2.45, 2.75) is 31.2 Å². The fraction of sp³-hybridized carbons (Fsp3) is 0.211. The van der Waals surface area contributed by atoms with Gasteiger partial charge in [0.2, 0.25) is 10.0 Å². The van der Waals surface area contributed by atoms with Gasteiger partial charge in [0.05, 0.1) is 22.8 Å². The van der Waals surface area contributed by atoms with E-state index in [4.69, 9.17) is 0 Å². The number of rotatable bonds is 6. The van der Waals surface area contributed by atoms with E-state index in [-0.39, 0.29) is 4.90 Å². The van der Waals surface area contributed by atoms with Crippen molar-refractivity contribution in [1.29, 1.82) is 0 Å². The third-order valence-corrected chi connectivity index (χ3v) is 6.54. The van der Waals surface area contributed by atoms with E-state index < -0.39 is 16.1 Å². The van der Waals surface area contributed by atoms with Gasteiger partial charge in [-0.15, -0.1) is 0 Å². The summed E-state index contributed by atoms with van der Waals surface area (Å²) in [5, 5.41) is 0. The van der Waals surface area contributed by atoms with E-state index in [1.54, 1.807) is 24.4 Å². The highest BCUT2D eigenvalue weighted by molar-refractivity contribution is 9.10. The molecule has 1 aromatic heterocycles. The highest BCUT2D eigenvalue weighted by atomic mass is 79.9. The summed E-state index contributed by atoms with van der Waals surface area (Å²) in [5.74, 6) is 0.596. The van der Waals surface area contributed by atoms with Crippen LogP contribution in [0.3, 0.4) is 0 Å². The number of benzene rings is 2. The molecule has 1 heterocycles. The van der Waals surface area contributed by atoms with E-state index in [0.29, 0.717) is 16.7 Å². The summed E-state index contributed by atoms with van der Waals surface area (Å²) in [5.41, 5.74) is 2.85. The zero-order valence-corrected chi connectivity index (χ0v) is 16.9. The first-order valence-electron chi connectivity index (χ1n) is 8.29. The van der Waals surface area contributed by atoms with Crippen molar-refractivity contribution < 1.29 is 8.42 Å². The second-order valence-electron chi connectivity index (χ2n) is 6.06. The number of imidazole rings is 1. The molecule has 0 spiro atoms. The van der Waals surface area contributed by atoms with Crippen LogP contribution in [0.4, 0.5) is 0 Å². The van der Waals surface area contributed by atoms with Gasteiger partial charge in [0.25, 0.3) is 0 Å². The molecule has 7 heteroatoms. The van der Waals surface area contributed by atoms with Gasteiger partial charge in [0, 0.05) is 4.47 Å². The highest BCUT2D eigenvalue weighted by Gasteiger charge is 2.24. The summed E-state index contributed by atoms with van der Waals surface area (Å²) in [4.78, 5) is 7.83. The molecule has 0 saturated heterocycles. The van der Waals surface area contributed by atoms with Crippen LogP contribution in [0.1, 0.15) is 30.8 Å². The van der Waals surface area contributed by atoms with Crippen molar-refractivity contribution in [1.82, 2.24) is 14.7 Å². The van der Waals surface area contributed by atoms with Crippen molar-refractivity contribution in [3.63, 3.8) is 0 Å². The number of nitrogens with zero attached hydrogens (tertiary/aromatic N) is 1. The smallest absolute Gasteiger partial charge is 0.242 e. The number of H-pyrrole nitrogens is 1. The van der Waals surface area contributed by atoms with Crippen molar-refractivity contribution in [2.75, 3.05) is 0 Å². The molecule has 0 aliphatic carbocycles. The van der Waals surface area contributed by atoms with Crippen molar-refractivity contribution in [3.8, 4) is 11.3 Å². The largest absolute Gasteiger partial charge is 0.341 e. The number of aromatic amines is 1. The van der Waals surface area contributed by atoms with Gasteiger partial charge in [0.15, 0.2) is 0 Å². The lowest BCUT2D eigenvalue weighted by atomic mass is 10.2. The Balaban J connectivity index is 1.87. The zero-order valence-electron chi connectivity index (χ0n) is 14.5. The van der Waals surface area contributed by atoms with Crippen LogP contribution in [-0.2, 0) is 10.0 Å². The number of sulfonamides is 1. The van der Waals surface area contributed by atoms with Crippen molar-refractivity contribution in [3.05, 3.63) is 70.6 Å². The van der Waals surface area contributed by atoms with Gasteiger partial charge >= 0.3 is 0 Å². The predicted molar refractivity (Wildman–Crippen MR) is 106 cm³/mol. The molecule has 3 aromatic rings. The number of hydrogen-bond acceptors (Lipinski definition) is 3. The van der Waals surface area contributed by atoms with Crippen LogP contribution in [-0.4, -0.2) is 18.4 Å². The molecule has 0 saturated carbocycles. The first-order chi connectivity index (χ1) is 12.4. The first kappa shape index (κ1) is 18.8. The van der Waals surface area contributed by atoms with Crippen LogP contribution in [0.5, 0.6) is 0 Å². The van der Waals surface area contributed by atoms with E-state index in [2.05, 4.69) is 30.6 Å². The number of aromatic nitrogens is 2. The molecule has 0 amide bonds. The Hall–Kier alpha value is -1.96. The Kier molecular flexibility index (Phi) is 5.60. The fourth-order valence-electron chi connectivity index (χ4n) is 2.69. The molecule has 2 aromatic carbocycles. The van der Waals surface area contributed by atoms with Gasteiger partial charge in [-0.25, -0.2) is 18.1 Å². The number of aryl methyl sites for hydroxylation is 1. The Morgan fingerprint density at radius 3 is 2.58 bits per heavy atom. The third-order valence-electron chi connectivity index (χ3n) is 4.09. The predicted octanol–water partition coefficient (Wildman–Crippen LogP) is 4.58. The normalized spacial score (nSPS) is 12.9. The standard InChI is InChI=1S/C19H20BrN3O2S/c1-3-16(19-21-12-17(22-19)14-7-5-4-6-8-14)23-26(24,25)18-10-9-13(2)11-15(18)20/h4-12,16,23H,3H2,1-2H3,(H,21,22).